The molecule has 20 heavy (non-hydrogen) atoms. The Morgan fingerprint density at radius 3 is 2.70 bits per heavy atom. The maximum absolute atomic E-state index is 3.35. The van der Waals surface area contributed by atoms with Crippen LogP contribution in [0.2, 0.25) is 0 Å². The molecule has 3 atom stereocenters. The highest BCUT2D eigenvalue weighted by Gasteiger charge is 2.34. The second-order valence-corrected chi connectivity index (χ2v) is 6.58. The molecule has 2 fully saturated rings. The van der Waals surface area contributed by atoms with Crippen molar-refractivity contribution in [2.45, 2.75) is 44.1 Å². The Hall–Kier alpha value is -0.860. The molecule has 2 heteroatoms. The summed E-state index contributed by atoms with van der Waals surface area (Å²) in [6.45, 7) is 3.79. The van der Waals surface area contributed by atoms with E-state index < -0.39 is 0 Å². The molecule has 1 saturated carbocycles. The summed E-state index contributed by atoms with van der Waals surface area (Å²) >= 11 is 0. The zero-order valence-corrected chi connectivity index (χ0v) is 12.7. The van der Waals surface area contributed by atoms with Crippen LogP contribution in [0, 0.1) is 5.92 Å². The average Bonchev–Trinajstić information content (AvgIpc) is 2.97. The van der Waals surface area contributed by atoms with Crippen molar-refractivity contribution in [1.82, 2.24) is 10.2 Å². The van der Waals surface area contributed by atoms with Crippen molar-refractivity contribution in [2.75, 3.05) is 26.7 Å². The van der Waals surface area contributed by atoms with E-state index in [1.807, 2.05) is 0 Å². The molecule has 0 amide bonds. The molecule has 1 saturated heterocycles. The molecule has 2 nitrogen and oxygen atoms in total. The Labute approximate surface area is 123 Å². The Kier molecular flexibility index (Phi) is 4.74. The molecule has 3 rings (SSSR count). The number of rotatable bonds is 4. The van der Waals surface area contributed by atoms with E-state index in [2.05, 4.69) is 47.6 Å². The topological polar surface area (TPSA) is 15.3 Å². The second-order valence-electron chi connectivity index (χ2n) is 6.58. The molecule has 0 aromatic heterocycles. The number of nitrogens with zero attached hydrogens (tertiary/aromatic N) is 1. The van der Waals surface area contributed by atoms with Gasteiger partial charge in [-0.15, -0.1) is 0 Å². The van der Waals surface area contributed by atoms with E-state index in [4.69, 9.17) is 0 Å². The predicted octanol–water partition coefficient (Wildman–Crippen LogP) is 3.25. The molecule has 1 aromatic carbocycles. The minimum Gasteiger partial charge on any atom is -0.319 e. The van der Waals surface area contributed by atoms with E-state index in [0.29, 0.717) is 0 Å². The molecule has 110 valence electrons. The summed E-state index contributed by atoms with van der Waals surface area (Å²) in [7, 11) is 2.08. The zero-order chi connectivity index (χ0) is 13.8. The van der Waals surface area contributed by atoms with Crippen LogP contribution in [0.3, 0.4) is 0 Å². The van der Waals surface area contributed by atoms with Crippen LogP contribution in [-0.4, -0.2) is 37.6 Å². The van der Waals surface area contributed by atoms with Crippen LogP contribution in [0.15, 0.2) is 30.3 Å². The van der Waals surface area contributed by atoms with Gasteiger partial charge in [-0.25, -0.2) is 0 Å². The molecule has 0 radical (unpaired) electrons. The quantitative estimate of drug-likeness (QED) is 0.905. The zero-order valence-electron chi connectivity index (χ0n) is 12.7. The third-order valence-corrected chi connectivity index (χ3v) is 5.24. The molecule has 0 spiro atoms. The lowest BCUT2D eigenvalue weighted by Gasteiger charge is -2.38. The van der Waals surface area contributed by atoms with Gasteiger partial charge in [0.25, 0.3) is 0 Å². The maximum Gasteiger partial charge on any atom is 0.0164 e. The number of hydrogen-bond acceptors (Lipinski definition) is 2. The molecule has 1 N–H and O–H groups in total. The third-order valence-electron chi connectivity index (χ3n) is 5.24. The van der Waals surface area contributed by atoms with E-state index in [1.54, 1.807) is 5.56 Å². The van der Waals surface area contributed by atoms with Gasteiger partial charge in [-0.2, -0.15) is 0 Å². The Morgan fingerprint density at radius 1 is 1.10 bits per heavy atom. The SMILES string of the molecule is CNCC1CCN(C2CCCCC2c2ccccc2)C1. The smallest absolute Gasteiger partial charge is 0.0164 e. The van der Waals surface area contributed by atoms with Gasteiger partial charge in [0.2, 0.25) is 0 Å². The second kappa shape index (κ2) is 6.73. The van der Waals surface area contributed by atoms with Gasteiger partial charge in [0, 0.05) is 12.6 Å². The van der Waals surface area contributed by atoms with Gasteiger partial charge in [0.05, 0.1) is 0 Å². The van der Waals surface area contributed by atoms with Crippen molar-refractivity contribution in [3.05, 3.63) is 35.9 Å². The van der Waals surface area contributed by atoms with Gasteiger partial charge in [-0.3, -0.25) is 4.90 Å². The van der Waals surface area contributed by atoms with E-state index in [0.717, 1.165) is 17.9 Å². The van der Waals surface area contributed by atoms with Gasteiger partial charge in [-0.1, -0.05) is 43.2 Å². The first-order chi connectivity index (χ1) is 9.88. The fraction of sp³-hybridized carbons (Fsp3) is 0.667. The highest BCUT2D eigenvalue weighted by molar-refractivity contribution is 5.22. The van der Waals surface area contributed by atoms with E-state index in [1.165, 1.54) is 51.7 Å². The van der Waals surface area contributed by atoms with Crippen molar-refractivity contribution >= 4 is 0 Å². The van der Waals surface area contributed by atoms with Crippen LogP contribution in [-0.2, 0) is 0 Å². The van der Waals surface area contributed by atoms with Crippen LogP contribution in [0.4, 0.5) is 0 Å². The first-order valence-corrected chi connectivity index (χ1v) is 8.32. The van der Waals surface area contributed by atoms with Gasteiger partial charge in [-0.05, 0) is 56.8 Å². The van der Waals surface area contributed by atoms with Crippen molar-refractivity contribution < 1.29 is 0 Å². The third kappa shape index (κ3) is 3.07. The van der Waals surface area contributed by atoms with Gasteiger partial charge in [0.1, 0.15) is 0 Å². The van der Waals surface area contributed by atoms with Crippen molar-refractivity contribution in [1.29, 1.82) is 0 Å². The Morgan fingerprint density at radius 2 is 1.90 bits per heavy atom. The van der Waals surface area contributed by atoms with Gasteiger partial charge < -0.3 is 5.32 Å². The minimum atomic E-state index is 0.762. The van der Waals surface area contributed by atoms with Crippen molar-refractivity contribution in [2.24, 2.45) is 5.92 Å². The highest BCUT2D eigenvalue weighted by atomic mass is 15.2. The summed E-state index contributed by atoms with van der Waals surface area (Å²) in [6, 6.07) is 12.0. The van der Waals surface area contributed by atoms with E-state index in [-0.39, 0.29) is 0 Å². The van der Waals surface area contributed by atoms with Crippen LogP contribution >= 0.6 is 0 Å². The molecule has 1 heterocycles. The first kappa shape index (κ1) is 14.1. The van der Waals surface area contributed by atoms with Gasteiger partial charge >= 0.3 is 0 Å². The fourth-order valence-corrected chi connectivity index (χ4v) is 4.26. The van der Waals surface area contributed by atoms with Crippen molar-refractivity contribution in [3.63, 3.8) is 0 Å². The fourth-order valence-electron chi connectivity index (χ4n) is 4.26. The van der Waals surface area contributed by atoms with Crippen LogP contribution in [0.25, 0.3) is 0 Å². The number of benzene rings is 1. The normalized spacial score (nSPS) is 31.6. The summed E-state index contributed by atoms with van der Waals surface area (Å²) in [6.07, 6.45) is 6.97. The summed E-state index contributed by atoms with van der Waals surface area (Å²) in [5.41, 5.74) is 1.56. The summed E-state index contributed by atoms with van der Waals surface area (Å²) in [5.74, 6) is 1.62. The number of nitrogens with one attached hydrogen (secondary N) is 1. The number of hydrogen-bond donors (Lipinski definition) is 1. The summed E-state index contributed by atoms with van der Waals surface area (Å²) in [5, 5.41) is 3.35. The number of likely N-dealkylation sites (tertiary alicyclic amines) is 1. The highest BCUT2D eigenvalue weighted by Crippen LogP contribution is 2.38. The monoisotopic (exact) mass is 272 g/mol. The molecule has 1 aromatic rings. The first-order valence-electron chi connectivity index (χ1n) is 8.32. The van der Waals surface area contributed by atoms with Crippen LogP contribution in [0.5, 0.6) is 0 Å². The molecule has 1 aliphatic heterocycles. The molecular formula is C18H28N2. The molecule has 0 bridgehead atoms. The maximum atomic E-state index is 3.35. The van der Waals surface area contributed by atoms with Crippen LogP contribution < -0.4 is 5.32 Å². The van der Waals surface area contributed by atoms with E-state index >= 15 is 0 Å². The average molecular weight is 272 g/mol. The largest absolute Gasteiger partial charge is 0.319 e. The predicted molar refractivity (Wildman–Crippen MR) is 85.0 cm³/mol. The Bertz CT molecular complexity index is 403. The summed E-state index contributed by atoms with van der Waals surface area (Å²) in [4.78, 5) is 2.79. The van der Waals surface area contributed by atoms with Crippen molar-refractivity contribution in [3.8, 4) is 0 Å². The van der Waals surface area contributed by atoms with E-state index in [9.17, 15) is 0 Å². The van der Waals surface area contributed by atoms with Crippen LogP contribution in [0.1, 0.15) is 43.6 Å². The molecule has 3 unspecified atom stereocenters. The Balaban J connectivity index is 1.70. The molecule has 2 aliphatic rings. The molecule has 1 aliphatic carbocycles. The lowest BCUT2D eigenvalue weighted by molar-refractivity contribution is 0.161. The summed E-state index contributed by atoms with van der Waals surface area (Å²) < 4.78 is 0. The van der Waals surface area contributed by atoms with Gasteiger partial charge in [0.15, 0.2) is 0 Å². The minimum absolute atomic E-state index is 0.762. The molecular weight excluding hydrogens is 244 g/mol. The lowest BCUT2D eigenvalue weighted by atomic mass is 9.79. The standard InChI is InChI=1S/C18H28N2/c1-19-13-15-11-12-20(14-15)18-10-6-5-9-17(18)16-7-3-2-4-8-16/h2-4,7-8,15,17-19H,5-6,9-14H2,1H3. The lowest BCUT2D eigenvalue weighted by Crippen LogP contribution is -2.40.